The third-order valence-electron chi connectivity index (χ3n) is 2.65. The molecule has 0 saturated carbocycles. The summed E-state index contributed by atoms with van der Waals surface area (Å²) in [6.45, 7) is 0. The van der Waals surface area contributed by atoms with Gasteiger partial charge in [0.1, 0.15) is 11.9 Å². The molecule has 1 heterocycles. The first-order chi connectivity index (χ1) is 8.47. The number of nitrogens with two attached hydrogens (primary N) is 1. The predicted octanol–water partition coefficient (Wildman–Crippen LogP) is 0.622. The molecule has 1 aromatic carbocycles. The number of benzene rings is 1. The van der Waals surface area contributed by atoms with Gasteiger partial charge in [0.25, 0.3) is 0 Å². The number of hydrogen-bond donors (Lipinski definition) is 3. The molecular weight excluding hydrogens is 239 g/mol. The third-order valence-corrected chi connectivity index (χ3v) is 2.65. The average molecular weight is 250 g/mol. The number of aromatic amines is 1. The van der Waals surface area contributed by atoms with Crippen molar-refractivity contribution in [3.05, 3.63) is 46.0 Å². The van der Waals surface area contributed by atoms with Crippen molar-refractivity contribution in [1.82, 2.24) is 4.98 Å². The van der Waals surface area contributed by atoms with E-state index in [9.17, 15) is 14.0 Å². The molecule has 5 nitrogen and oxygen atoms in total. The minimum atomic E-state index is -1.17. The smallest absolute Gasteiger partial charge is 0.320 e. The molecule has 0 amide bonds. The highest BCUT2D eigenvalue weighted by molar-refractivity contribution is 5.83. The first kappa shape index (κ1) is 12.3. The van der Waals surface area contributed by atoms with Crippen LogP contribution in [0.2, 0.25) is 0 Å². The van der Waals surface area contributed by atoms with Crippen molar-refractivity contribution in [2.75, 3.05) is 0 Å². The van der Waals surface area contributed by atoms with Crippen LogP contribution in [0.15, 0.2) is 29.1 Å². The summed E-state index contributed by atoms with van der Waals surface area (Å²) < 4.78 is 13.2. The zero-order valence-electron chi connectivity index (χ0n) is 9.31. The van der Waals surface area contributed by atoms with E-state index in [1.54, 1.807) is 0 Å². The lowest BCUT2D eigenvalue weighted by Gasteiger charge is -2.09. The van der Waals surface area contributed by atoms with Gasteiger partial charge in [-0.05, 0) is 30.2 Å². The Labute approximate surface area is 101 Å². The molecule has 0 radical (unpaired) electrons. The molecule has 0 aliphatic carbocycles. The van der Waals surface area contributed by atoms with Crippen LogP contribution in [0.3, 0.4) is 0 Å². The average Bonchev–Trinajstić information content (AvgIpc) is 2.29. The first-order valence-corrected chi connectivity index (χ1v) is 5.27. The molecule has 2 rings (SSSR count). The Morgan fingerprint density at radius 1 is 1.44 bits per heavy atom. The van der Waals surface area contributed by atoms with Crippen LogP contribution in [0.5, 0.6) is 0 Å². The number of halogens is 1. The van der Waals surface area contributed by atoms with E-state index in [4.69, 9.17) is 10.8 Å². The van der Waals surface area contributed by atoms with Gasteiger partial charge in [0.2, 0.25) is 5.56 Å². The predicted molar refractivity (Wildman–Crippen MR) is 63.8 cm³/mol. The Balaban J connectivity index is 2.57. The SMILES string of the molecule is N[C@@H](Cc1cc(=O)[nH]c2ccc(F)cc12)C(=O)O. The highest BCUT2D eigenvalue weighted by Gasteiger charge is 2.15. The van der Waals surface area contributed by atoms with Gasteiger partial charge >= 0.3 is 5.97 Å². The monoisotopic (exact) mass is 250 g/mol. The van der Waals surface area contributed by atoms with Gasteiger partial charge in [-0.15, -0.1) is 0 Å². The summed E-state index contributed by atoms with van der Waals surface area (Å²) in [6, 6.07) is 4.01. The molecule has 6 heteroatoms. The molecule has 0 aliphatic rings. The normalized spacial score (nSPS) is 12.6. The maximum Gasteiger partial charge on any atom is 0.320 e. The maximum atomic E-state index is 13.2. The van der Waals surface area contributed by atoms with Gasteiger partial charge in [-0.1, -0.05) is 0 Å². The summed E-state index contributed by atoms with van der Waals surface area (Å²) in [5, 5.41) is 9.22. The Hall–Kier alpha value is -2.21. The molecule has 18 heavy (non-hydrogen) atoms. The lowest BCUT2D eigenvalue weighted by molar-refractivity contribution is -0.138. The molecule has 0 saturated heterocycles. The van der Waals surface area contributed by atoms with E-state index >= 15 is 0 Å². The molecule has 0 spiro atoms. The summed E-state index contributed by atoms with van der Waals surface area (Å²) in [5.74, 6) is -1.63. The fraction of sp³-hybridized carbons (Fsp3) is 0.167. The topological polar surface area (TPSA) is 96.2 Å². The Bertz CT molecular complexity index is 666. The van der Waals surface area contributed by atoms with Gasteiger partial charge in [-0.2, -0.15) is 0 Å². The van der Waals surface area contributed by atoms with E-state index in [0.717, 1.165) is 0 Å². The number of carboxylic acids is 1. The number of aromatic nitrogens is 1. The number of aliphatic carboxylic acids is 1. The fourth-order valence-electron chi connectivity index (χ4n) is 1.79. The second-order valence-electron chi connectivity index (χ2n) is 4.00. The van der Waals surface area contributed by atoms with Gasteiger partial charge in [0, 0.05) is 17.0 Å². The van der Waals surface area contributed by atoms with Crippen LogP contribution < -0.4 is 11.3 Å². The highest BCUT2D eigenvalue weighted by atomic mass is 19.1. The summed E-state index contributed by atoms with van der Waals surface area (Å²) >= 11 is 0. The minimum absolute atomic E-state index is 0.0286. The largest absolute Gasteiger partial charge is 0.480 e. The van der Waals surface area contributed by atoms with Crippen LogP contribution in [0, 0.1) is 5.82 Å². The molecule has 0 aliphatic heterocycles. The van der Waals surface area contributed by atoms with Gasteiger partial charge in [0.15, 0.2) is 0 Å². The van der Waals surface area contributed by atoms with Crippen molar-refractivity contribution < 1.29 is 14.3 Å². The van der Waals surface area contributed by atoms with Gasteiger partial charge in [-0.3, -0.25) is 9.59 Å². The van der Waals surface area contributed by atoms with Crippen molar-refractivity contribution in [2.24, 2.45) is 5.73 Å². The van der Waals surface area contributed by atoms with Crippen LogP contribution in [0.4, 0.5) is 4.39 Å². The molecule has 0 unspecified atom stereocenters. The Morgan fingerprint density at radius 3 is 2.83 bits per heavy atom. The highest BCUT2D eigenvalue weighted by Crippen LogP contribution is 2.17. The molecule has 0 fully saturated rings. The van der Waals surface area contributed by atoms with Crippen molar-refractivity contribution in [2.45, 2.75) is 12.5 Å². The van der Waals surface area contributed by atoms with Crippen LogP contribution in [0.25, 0.3) is 10.9 Å². The van der Waals surface area contributed by atoms with Crippen LogP contribution >= 0.6 is 0 Å². The number of rotatable bonds is 3. The molecule has 1 atom stereocenters. The number of fused-ring (bicyclic) bond motifs is 1. The van der Waals surface area contributed by atoms with Gasteiger partial charge < -0.3 is 15.8 Å². The summed E-state index contributed by atoms with van der Waals surface area (Å²) in [4.78, 5) is 24.7. The van der Waals surface area contributed by atoms with E-state index in [1.807, 2.05) is 0 Å². The van der Waals surface area contributed by atoms with E-state index in [2.05, 4.69) is 4.98 Å². The number of H-pyrrole nitrogens is 1. The lowest BCUT2D eigenvalue weighted by atomic mass is 10.0. The number of pyridine rings is 1. The molecule has 94 valence electrons. The lowest BCUT2D eigenvalue weighted by Crippen LogP contribution is -2.32. The van der Waals surface area contributed by atoms with E-state index in [-0.39, 0.29) is 12.0 Å². The Morgan fingerprint density at radius 2 is 2.17 bits per heavy atom. The fourth-order valence-corrected chi connectivity index (χ4v) is 1.79. The molecule has 2 aromatic rings. The zero-order chi connectivity index (χ0) is 13.3. The standard InChI is InChI=1S/C12H11FN2O3/c13-7-1-2-10-8(5-7)6(4-11(16)15-10)3-9(14)12(17)18/h1-2,4-5,9H,3,14H2,(H,15,16)(H,17,18)/t9-/m0/s1. The first-order valence-electron chi connectivity index (χ1n) is 5.27. The number of carbonyl (C=O) groups is 1. The molecular formula is C12H11FN2O3. The summed E-state index contributed by atoms with van der Waals surface area (Å²) in [6.07, 6.45) is -0.0286. The number of hydrogen-bond acceptors (Lipinski definition) is 3. The minimum Gasteiger partial charge on any atom is -0.480 e. The van der Waals surface area contributed by atoms with Crippen LogP contribution in [-0.2, 0) is 11.2 Å². The third kappa shape index (κ3) is 2.38. The Kier molecular flexibility index (Phi) is 3.12. The van der Waals surface area contributed by atoms with E-state index < -0.39 is 17.8 Å². The number of carboxylic acid groups (broad SMARTS) is 1. The van der Waals surface area contributed by atoms with Crippen LogP contribution in [0.1, 0.15) is 5.56 Å². The summed E-state index contributed by atoms with van der Waals surface area (Å²) in [5.41, 5.74) is 5.92. The van der Waals surface area contributed by atoms with Crippen LogP contribution in [-0.4, -0.2) is 22.1 Å². The van der Waals surface area contributed by atoms with Crippen molar-refractivity contribution >= 4 is 16.9 Å². The van der Waals surface area contributed by atoms with Gasteiger partial charge in [-0.25, -0.2) is 4.39 Å². The second-order valence-corrected chi connectivity index (χ2v) is 4.00. The van der Waals surface area contributed by atoms with Crippen molar-refractivity contribution in [1.29, 1.82) is 0 Å². The van der Waals surface area contributed by atoms with E-state index in [1.165, 1.54) is 24.3 Å². The summed E-state index contributed by atoms with van der Waals surface area (Å²) in [7, 11) is 0. The van der Waals surface area contributed by atoms with Crippen molar-refractivity contribution in [3.63, 3.8) is 0 Å². The molecule has 1 aromatic heterocycles. The van der Waals surface area contributed by atoms with Gasteiger partial charge in [0.05, 0.1) is 0 Å². The quantitative estimate of drug-likeness (QED) is 0.744. The second kappa shape index (κ2) is 4.58. The zero-order valence-corrected chi connectivity index (χ0v) is 9.31. The van der Waals surface area contributed by atoms with E-state index in [0.29, 0.717) is 16.5 Å². The molecule has 4 N–H and O–H groups in total. The van der Waals surface area contributed by atoms with Crippen molar-refractivity contribution in [3.8, 4) is 0 Å². The number of nitrogens with one attached hydrogen (secondary N) is 1. The maximum absolute atomic E-state index is 13.2. The molecule has 0 bridgehead atoms.